The van der Waals surface area contributed by atoms with E-state index in [1.54, 1.807) is 14.2 Å². The van der Waals surface area contributed by atoms with Crippen LogP contribution in [0.4, 0.5) is 0 Å². The third kappa shape index (κ3) is 6.27. The number of methoxy groups -OCH3 is 2. The van der Waals surface area contributed by atoms with Crippen LogP contribution in [0.1, 0.15) is 12.0 Å². The van der Waals surface area contributed by atoms with Crippen molar-refractivity contribution >= 4 is 11.8 Å². The van der Waals surface area contributed by atoms with Gasteiger partial charge in [0, 0.05) is 26.8 Å². The largest absolute Gasteiger partial charge is 0.496 e. The van der Waals surface area contributed by atoms with Crippen LogP contribution in [0.15, 0.2) is 24.3 Å². The molecule has 0 spiro atoms. The Bertz CT molecular complexity index is 463. The van der Waals surface area contributed by atoms with E-state index in [9.17, 15) is 9.59 Å². The fourth-order valence-electron chi connectivity index (χ4n) is 1.80. The van der Waals surface area contributed by atoms with Crippen molar-refractivity contribution in [2.24, 2.45) is 0 Å². The van der Waals surface area contributed by atoms with Crippen LogP contribution in [0.25, 0.3) is 0 Å². The first-order valence-electron chi connectivity index (χ1n) is 6.86. The fourth-order valence-corrected chi connectivity index (χ4v) is 1.80. The molecule has 0 aliphatic carbocycles. The van der Waals surface area contributed by atoms with E-state index in [-0.39, 0.29) is 0 Å². The molecule has 0 unspecified atom stereocenters. The number of carbonyl (C=O) groups excluding carboxylic acids is 2. The van der Waals surface area contributed by atoms with Gasteiger partial charge >= 0.3 is 11.8 Å². The first-order valence-corrected chi connectivity index (χ1v) is 6.86. The minimum Gasteiger partial charge on any atom is -0.496 e. The minimum atomic E-state index is -0.623. The average Bonchev–Trinajstić information content (AvgIpc) is 2.51. The molecule has 6 nitrogen and oxygen atoms in total. The number of hydrogen-bond acceptors (Lipinski definition) is 4. The summed E-state index contributed by atoms with van der Waals surface area (Å²) >= 11 is 0. The summed E-state index contributed by atoms with van der Waals surface area (Å²) in [6, 6.07) is 7.58. The van der Waals surface area contributed by atoms with Crippen molar-refractivity contribution in [3.05, 3.63) is 29.8 Å². The summed E-state index contributed by atoms with van der Waals surface area (Å²) in [5.74, 6) is -0.468. The maximum atomic E-state index is 11.6. The smallest absolute Gasteiger partial charge is 0.309 e. The van der Waals surface area contributed by atoms with Crippen molar-refractivity contribution in [1.29, 1.82) is 0 Å². The molecule has 0 saturated heterocycles. The van der Waals surface area contributed by atoms with Gasteiger partial charge in [0.05, 0.1) is 7.11 Å². The van der Waals surface area contributed by atoms with E-state index < -0.39 is 11.8 Å². The molecule has 0 heterocycles. The first kappa shape index (κ1) is 17.0. The van der Waals surface area contributed by atoms with E-state index in [1.807, 2.05) is 24.3 Å². The van der Waals surface area contributed by atoms with E-state index in [0.29, 0.717) is 32.5 Å². The number of ether oxygens (including phenoxy) is 2. The van der Waals surface area contributed by atoms with E-state index in [2.05, 4.69) is 10.6 Å². The van der Waals surface area contributed by atoms with Crippen LogP contribution in [0.2, 0.25) is 0 Å². The monoisotopic (exact) mass is 294 g/mol. The van der Waals surface area contributed by atoms with Gasteiger partial charge in [-0.2, -0.15) is 0 Å². The summed E-state index contributed by atoms with van der Waals surface area (Å²) in [5.41, 5.74) is 0.987. The summed E-state index contributed by atoms with van der Waals surface area (Å²) in [5, 5.41) is 5.12. The van der Waals surface area contributed by atoms with Crippen LogP contribution >= 0.6 is 0 Å². The van der Waals surface area contributed by atoms with Crippen molar-refractivity contribution < 1.29 is 19.1 Å². The molecule has 0 saturated carbocycles. The van der Waals surface area contributed by atoms with Crippen molar-refractivity contribution in [2.45, 2.75) is 12.8 Å². The Morgan fingerprint density at radius 3 is 2.38 bits per heavy atom. The second kappa shape index (κ2) is 9.77. The summed E-state index contributed by atoms with van der Waals surface area (Å²) < 4.78 is 10.1. The molecule has 116 valence electrons. The Labute approximate surface area is 124 Å². The van der Waals surface area contributed by atoms with Crippen LogP contribution < -0.4 is 15.4 Å². The van der Waals surface area contributed by atoms with Gasteiger partial charge in [0.15, 0.2) is 0 Å². The van der Waals surface area contributed by atoms with Crippen molar-refractivity contribution in [3.8, 4) is 5.75 Å². The minimum absolute atomic E-state index is 0.380. The molecule has 1 aromatic carbocycles. The number of para-hydroxylation sites is 1. The fraction of sp³-hybridized carbons (Fsp3) is 0.467. The van der Waals surface area contributed by atoms with Crippen LogP contribution in [0, 0.1) is 0 Å². The van der Waals surface area contributed by atoms with Gasteiger partial charge < -0.3 is 20.1 Å². The summed E-state index contributed by atoms with van der Waals surface area (Å²) in [7, 11) is 3.19. The second-order valence-electron chi connectivity index (χ2n) is 4.42. The number of hydrogen-bond donors (Lipinski definition) is 2. The van der Waals surface area contributed by atoms with Crippen LogP contribution in [0.5, 0.6) is 5.75 Å². The Hall–Kier alpha value is -2.08. The lowest BCUT2D eigenvalue weighted by Crippen LogP contribution is -2.41. The maximum absolute atomic E-state index is 11.6. The van der Waals surface area contributed by atoms with Gasteiger partial charge in [0.2, 0.25) is 0 Å². The molecule has 0 bridgehead atoms. The third-order valence-electron chi connectivity index (χ3n) is 2.89. The standard InChI is InChI=1S/C15H22N2O4/c1-20-11-5-9-16-14(18)15(19)17-10-8-12-6-3-4-7-13(12)21-2/h3-4,6-7H,5,8-11H2,1-2H3,(H,16,18)(H,17,19). The predicted molar refractivity (Wildman–Crippen MR) is 79.2 cm³/mol. The molecule has 21 heavy (non-hydrogen) atoms. The lowest BCUT2D eigenvalue weighted by Gasteiger charge is -2.09. The van der Waals surface area contributed by atoms with Gasteiger partial charge in [-0.3, -0.25) is 9.59 Å². The van der Waals surface area contributed by atoms with Crippen molar-refractivity contribution in [1.82, 2.24) is 10.6 Å². The zero-order valence-electron chi connectivity index (χ0n) is 12.5. The van der Waals surface area contributed by atoms with Gasteiger partial charge in [-0.15, -0.1) is 0 Å². The van der Waals surface area contributed by atoms with Crippen LogP contribution in [0.3, 0.4) is 0 Å². The number of benzene rings is 1. The highest BCUT2D eigenvalue weighted by Crippen LogP contribution is 2.17. The van der Waals surface area contributed by atoms with Gasteiger partial charge in [-0.25, -0.2) is 0 Å². The van der Waals surface area contributed by atoms with Crippen LogP contribution in [-0.2, 0) is 20.7 Å². The molecule has 0 aromatic heterocycles. The first-order chi connectivity index (χ1) is 10.2. The zero-order valence-corrected chi connectivity index (χ0v) is 12.5. The molecule has 1 aromatic rings. The third-order valence-corrected chi connectivity index (χ3v) is 2.89. The molecule has 0 atom stereocenters. The van der Waals surface area contributed by atoms with Crippen molar-refractivity contribution in [2.75, 3.05) is 33.9 Å². The number of rotatable bonds is 8. The number of nitrogens with one attached hydrogen (secondary N) is 2. The van der Waals surface area contributed by atoms with Gasteiger partial charge in [-0.05, 0) is 24.5 Å². The Kier molecular flexibility index (Phi) is 7.89. The molecule has 0 aliphatic heterocycles. The second-order valence-corrected chi connectivity index (χ2v) is 4.42. The van der Waals surface area contributed by atoms with Gasteiger partial charge in [0.25, 0.3) is 0 Å². The molecular formula is C15H22N2O4. The topological polar surface area (TPSA) is 76.7 Å². The summed E-state index contributed by atoms with van der Waals surface area (Å²) in [6.45, 7) is 1.35. The molecule has 0 radical (unpaired) electrons. The highest BCUT2D eigenvalue weighted by molar-refractivity contribution is 6.35. The molecule has 2 N–H and O–H groups in total. The SMILES string of the molecule is COCCCNC(=O)C(=O)NCCc1ccccc1OC. The Morgan fingerprint density at radius 2 is 1.71 bits per heavy atom. The lowest BCUT2D eigenvalue weighted by atomic mass is 10.1. The average molecular weight is 294 g/mol. The van der Waals surface area contributed by atoms with Crippen molar-refractivity contribution in [3.63, 3.8) is 0 Å². The number of carbonyl (C=O) groups is 2. The number of amides is 2. The van der Waals surface area contributed by atoms with Crippen LogP contribution in [-0.4, -0.2) is 45.7 Å². The van der Waals surface area contributed by atoms with E-state index in [0.717, 1.165) is 11.3 Å². The maximum Gasteiger partial charge on any atom is 0.309 e. The molecule has 0 aliphatic rings. The molecule has 0 fully saturated rings. The normalized spacial score (nSPS) is 10.0. The predicted octanol–water partition coefficient (Wildman–Crippen LogP) is 0.507. The van der Waals surface area contributed by atoms with E-state index >= 15 is 0 Å². The molecule has 1 rings (SSSR count). The summed E-state index contributed by atoms with van der Waals surface area (Å²) in [4.78, 5) is 23.0. The Balaban J connectivity index is 2.28. The highest BCUT2D eigenvalue weighted by atomic mass is 16.5. The molecule has 6 heteroatoms. The zero-order chi connectivity index (χ0) is 15.5. The lowest BCUT2D eigenvalue weighted by molar-refractivity contribution is -0.139. The van der Waals surface area contributed by atoms with Gasteiger partial charge in [0.1, 0.15) is 5.75 Å². The molecule has 2 amide bonds. The Morgan fingerprint density at radius 1 is 1.05 bits per heavy atom. The quantitative estimate of drug-likeness (QED) is 0.541. The highest BCUT2D eigenvalue weighted by Gasteiger charge is 2.12. The summed E-state index contributed by atoms with van der Waals surface area (Å²) in [6.07, 6.45) is 1.28. The molecular weight excluding hydrogens is 272 g/mol. The van der Waals surface area contributed by atoms with E-state index in [1.165, 1.54) is 0 Å². The van der Waals surface area contributed by atoms with Gasteiger partial charge in [-0.1, -0.05) is 18.2 Å². The van der Waals surface area contributed by atoms with E-state index in [4.69, 9.17) is 9.47 Å².